The number of aryl methyl sites for hydroxylation is 2. The van der Waals surface area contributed by atoms with Crippen LogP contribution in [0.2, 0.25) is 0 Å². The topological polar surface area (TPSA) is 68.3 Å². The Balaban J connectivity index is 1.65. The number of anilines is 2. The largest absolute Gasteiger partial charge is 0.497 e. The molecule has 2 heterocycles. The molecule has 3 atom stereocenters. The Morgan fingerprint density at radius 2 is 1.65 bits per heavy atom. The van der Waals surface area contributed by atoms with Crippen LogP contribution in [0.4, 0.5) is 11.4 Å². The maximum atomic E-state index is 13.8. The second-order valence-electron chi connectivity index (χ2n) is 8.57. The molecule has 0 unspecified atom stereocenters. The Morgan fingerprint density at radius 3 is 2.35 bits per heavy atom. The number of hydroxylamine groups is 1. The van der Waals surface area contributed by atoms with Crippen LogP contribution in [0.1, 0.15) is 22.7 Å². The number of rotatable bonds is 5. The number of benzene rings is 3. The minimum absolute atomic E-state index is 0.292. The van der Waals surface area contributed by atoms with E-state index in [1.807, 2.05) is 68.4 Å². The molecule has 2 aliphatic rings. The lowest BCUT2D eigenvalue weighted by atomic mass is 9.89. The Hall–Kier alpha value is -3.84. The van der Waals surface area contributed by atoms with Crippen LogP contribution in [0.25, 0.3) is 0 Å². The lowest BCUT2D eigenvalue weighted by Gasteiger charge is -2.30. The Labute approximate surface area is 198 Å². The van der Waals surface area contributed by atoms with Gasteiger partial charge in [-0.1, -0.05) is 30.3 Å². The summed E-state index contributed by atoms with van der Waals surface area (Å²) < 4.78 is 11.0. The quantitative estimate of drug-likeness (QED) is 0.529. The van der Waals surface area contributed by atoms with Gasteiger partial charge in [-0.2, -0.15) is 0 Å². The number of nitrogens with zero attached hydrogens (tertiary/aromatic N) is 2. The molecular weight excluding hydrogens is 432 g/mol. The van der Waals surface area contributed by atoms with E-state index in [0.717, 1.165) is 22.4 Å². The average Bonchev–Trinajstić information content (AvgIpc) is 3.34. The van der Waals surface area contributed by atoms with E-state index in [2.05, 4.69) is 0 Å². The van der Waals surface area contributed by atoms with Crippen molar-refractivity contribution in [2.45, 2.75) is 26.0 Å². The molecule has 2 fully saturated rings. The van der Waals surface area contributed by atoms with Crippen LogP contribution in [0.15, 0.2) is 66.7 Å². The summed E-state index contributed by atoms with van der Waals surface area (Å²) in [6, 6.07) is 20.0. The number of hydrogen-bond acceptors (Lipinski definition) is 6. The molecule has 0 bridgehead atoms. The first-order valence-corrected chi connectivity index (χ1v) is 11.1. The molecule has 5 rings (SSSR count). The SMILES string of the molecule is COc1ccc([C@@H]2[C@@H]3C(=O)N(c4cccc(C)c4)C(=O)[C@H]3ON2c2ccccc2C)c(OC)c1. The molecule has 0 N–H and O–H groups in total. The predicted molar refractivity (Wildman–Crippen MR) is 128 cm³/mol. The third kappa shape index (κ3) is 3.40. The Bertz CT molecular complexity index is 1270. The Kier molecular flexibility index (Phi) is 5.49. The van der Waals surface area contributed by atoms with Crippen LogP contribution in [0.3, 0.4) is 0 Å². The molecule has 7 heteroatoms. The summed E-state index contributed by atoms with van der Waals surface area (Å²) >= 11 is 0. The van der Waals surface area contributed by atoms with Gasteiger partial charge in [-0.15, -0.1) is 0 Å². The average molecular weight is 459 g/mol. The summed E-state index contributed by atoms with van der Waals surface area (Å²) in [4.78, 5) is 34.8. The Morgan fingerprint density at radius 1 is 0.853 bits per heavy atom. The molecule has 3 aromatic carbocycles. The van der Waals surface area contributed by atoms with Crippen LogP contribution in [0.5, 0.6) is 11.5 Å². The van der Waals surface area contributed by atoms with E-state index in [1.165, 1.54) is 4.90 Å². The molecule has 174 valence electrons. The van der Waals surface area contributed by atoms with Crippen molar-refractivity contribution in [3.63, 3.8) is 0 Å². The standard InChI is InChI=1S/C27H26N2O5/c1-16-8-7-10-18(14-16)28-26(30)23-24(20-13-12-19(32-3)15-22(20)33-4)29(34-25(23)27(28)31)21-11-6-5-9-17(21)2/h5-15,23-25H,1-4H3/t23-,24+,25-/m0/s1. The molecule has 3 aromatic rings. The smallest absolute Gasteiger partial charge is 0.266 e. The van der Waals surface area contributed by atoms with Gasteiger partial charge in [0.1, 0.15) is 17.4 Å². The van der Waals surface area contributed by atoms with E-state index in [0.29, 0.717) is 17.2 Å². The number of imide groups is 1. The summed E-state index contributed by atoms with van der Waals surface area (Å²) in [5.74, 6) is -0.209. The van der Waals surface area contributed by atoms with Gasteiger partial charge in [-0.25, -0.2) is 9.96 Å². The lowest BCUT2D eigenvalue weighted by Crippen LogP contribution is -2.37. The third-order valence-electron chi connectivity index (χ3n) is 6.49. The lowest BCUT2D eigenvalue weighted by molar-refractivity contribution is -0.126. The van der Waals surface area contributed by atoms with Gasteiger partial charge < -0.3 is 9.47 Å². The molecule has 0 saturated carbocycles. The second kappa shape index (κ2) is 8.50. The van der Waals surface area contributed by atoms with E-state index in [1.54, 1.807) is 31.4 Å². The molecule has 0 aromatic heterocycles. The molecule has 0 aliphatic carbocycles. The molecule has 34 heavy (non-hydrogen) atoms. The van der Waals surface area contributed by atoms with Gasteiger partial charge in [0.05, 0.1) is 31.6 Å². The zero-order chi connectivity index (χ0) is 24.0. The fourth-order valence-electron chi connectivity index (χ4n) is 4.83. The molecular formula is C27H26N2O5. The monoisotopic (exact) mass is 458 g/mol. The maximum Gasteiger partial charge on any atom is 0.266 e. The second-order valence-corrected chi connectivity index (χ2v) is 8.57. The highest BCUT2D eigenvalue weighted by Crippen LogP contribution is 2.50. The first-order valence-electron chi connectivity index (χ1n) is 11.1. The van der Waals surface area contributed by atoms with E-state index >= 15 is 0 Å². The fourth-order valence-corrected chi connectivity index (χ4v) is 4.83. The van der Waals surface area contributed by atoms with Crippen molar-refractivity contribution in [2.24, 2.45) is 5.92 Å². The van der Waals surface area contributed by atoms with Crippen molar-refractivity contribution in [1.82, 2.24) is 0 Å². The number of methoxy groups -OCH3 is 2. The van der Waals surface area contributed by atoms with Crippen LogP contribution in [-0.4, -0.2) is 32.1 Å². The normalized spacial score (nSPS) is 21.7. The van der Waals surface area contributed by atoms with Gasteiger partial charge in [0.25, 0.3) is 5.91 Å². The molecule has 2 saturated heterocycles. The van der Waals surface area contributed by atoms with Gasteiger partial charge in [0.15, 0.2) is 6.10 Å². The van der Waals surface area contributed by atoms with Crippen LogP contribution >= 0.6 is 0 Å². The van der Waals surface area contributed by atoms with E-state index < -0.39 is 18.1 Å². The first-order chi connectivity index (χ1) is 16.4. The number of para-hydroxylation sites is 1. The van der Waals surface area contributed by atoms with Gasteiger partial charge in [0, 0.05) is 11.6 Å². The van der Waals surface area contributed by atoms with E-state index in [-0.39, 0.29) is 11.8 Å². The molecule has 0 radical (unpaired) electrons. The zero-order valence-corrected chi connectivity index (χ0v) is 19.5. The number of carbonyl (C=O) groups is 2. The fraction of sp³-hybridized carbons (Fsp3) is 0.259. The highest BCUT2D eigenvalue weighted by atomic mass is 16.7. The predicted octanol–water partition coefficient (Wildman–Crippen LogP) is 4.37. The van der Waals surface area contributed by atoms with E-state index in [9.17, 15) is 9.59 Å². The van der Waals surface area contributed by atoms with Gasteiger partial charge >= 0.3 is 0 Å². The highest BCUT2D eigenvalue weighted by Gasteiger charge is 2.60. The van der Waals surface area contributed by atoms with Crippen LogP contribution in [-0.2, 0) is 14.4 Å². The minimum atomic E-state index is -0.940. The number of amides is 2. The summed E-state index contributed by atoms with van der Waals surface area (Å²) in [6.45, 7) is 3.90. The summed E-state index contributed by atoms with van der Waals surface area (Å²) in [5.41, 5.74) is 4.02. The minimum Gasteiger partial charge on any atom is -0.497 e. The van der Waals surface area contributed by atoms with Gasteiger partial charge in [0.2, 0.25) is 5.91 Å². The van der Waals surface area contributed by atoms with Crippen molar-refractivity contribution in [1.29, 1.82) is 0 Å². The van der Waals surface area contributed by atoms with Crippen LogP contribution < -0.4 is 19.4 Å². The van der Waals surface area contributed by atoms with Crippen molar-refractivity contribution in [3.8, 4) is 11.5 Å². The van der Waals surface area contributed by atoms with Crippen molar-refractivity contribution < 1.29 is 23.9 Å². The number of carbonyl (C=O) groups excluding carboxylic acids is 2. The zero-order valence-electron chi connectivity index (χ0n) is 19.5. The number of hydrogen-bond donors (Lipinski definition) is 0. The first kappa shape index (κ1) is 22.0. The van der Waals surface area contributed by atoms with Crippen molar-refractivity contribution >= 4 is 23.2 Å². The summed E-state index contributed by atoms with van der Waals surface area (Å²) in [5, 5.41) is 1.69. The van der Waals surface area contributed by atoms with Gasteiger partial charge in [-0.3, -0.25) is 14.4 Å². The van der Waals surface area contributed by atoms with E-state index in [4.69, 9.17) is 14.3 Å². The summed E-state index contributed by atoms with van der Waals surface area (Å²) in [6.07, 6.45) is -0.940. The van der Waals surface area contributed by atoms with Gasteiger partial charge in [-0.05, 0) is 55.3 Å². The molecule has 7 nitrogen and oxygen atoms in total. The van der Waals surface area contributed by atoms with Crippen LogP contribution in [0, 0.1) is 19.8 Å². The number of ether oxygens (including phenoxy) is 2. The molecule has 2 amide bonds. The maximum absolute atomic E-state index is 13.8. The summed E-state index contributed by atoms with van der Waals surface area (Å²) in [7, 11) is 3.16. The molecule has 2 aliphatic heterocycles. The number of fused-ring (bicyclic) bond motifs is 1. The highest BCUT2D eigenvalue weighted by molar-refractivity contribution is 6.24. The van der Waals surface area contributed by atoms with Crippen molar-refractivity contribution in [3.05, 3.63) is 83.4 Å². The van der Waals surface area contributed by atoms with Crippen molar-refractivity contribution in [2.75, 3.05) is 24.2 Å². The molecule has 0 spiro atoms. The third-order valence-corrected chi connectivity index (χ3v) is 6.49.